The van der Waals surface area contributed by atoms with Gasteiger partial charge in [-0.2, -0.15) is 5.10 Å². The number of nitrogens with zero attached hydrogens (tertiary/aromatic N) is 3. The third kappa shape index (κ3) is 3.77. The molecule has 40 heavy (non-hydrogen) atoms. The zero-order chi connectivity index (χ0) is 28.8. The van der Waals surface area contributed by atoms with Gasteiger partial charge in [-0.05, 0) is 96.7 Å². The summed E-state index contributed by atoms with van der Waals surface area (Å²) in [6, 6.07) is 0. The van der Waals surface area contributed by atoms with Crippen molar-refractivity contribution in [3.63, 3.8) is 0 Å². The van der Waals surface area contributed by atoms with Crippen molar-refractivity contribution in [3.05, 3.63) is 12.2 Å². The van der Waals surface area contributed by atoms with Gasteiger partial charge in [-0.25, -0.2) is 0 Å². The molecule has 6 rings (SSSR count). The van der Waals surface area contributed by atoms with E-state index in [-0.39, 0.29) is 33.7 Å². The number of carbonyl (C=O) groups is 1. The molecule has 0 saturated heterocycles. The molecule has 1 heterocycles. The highest BCUT2D eigenvalue weighted by Gasteiger charge is 2.71. The van der Waals surface area contributed by atoms with Crippen molar-refractivity contribution in [2.75, 3.05) is 19.7 Å². The van der Waals surface area contributed by atoms with E-state index in [4.69, 9.17) is 4.74 Å². The molecule has 5 nitrogen and oxygen atoms in total. The van der Waals surface area contributed by atoms with Crippen LogP contribution in [0.1, 0.15) is 113 Å². The van der Waals surface area contributed by atoms with Gasteiger partial charge in [-0.15, -0.1) is 5.10 Å². The minimum atomic E-state index is -0.349. The summed E-state index contributed by atoms with van der Waals surface area (Å²) < 4.78 is 6.97. The molecule has 0 bridgehead atoms. The number of fused-ring (bicyclic) bond motifs is 5. The van der Waals surface area contributed by atoms with E-state index in [9.17, 15) is 4.79 Å². The van der Waals surface area contributed by atoms with E-state index in [0.29, 0.717) is 29.1 Å². The zero-order valence-electron chi connectivity index (χ0n) is 26.5. The molecule has 8 unspecified atom stereocenters. The van der Waals surface area contributed by atoms with Crippen molar-refractivity contribution >= 4 is 18.3 Å². The molecule has 0 amide bonds. The topological polar surface area (TPSA) is 54.3 Å². The summed E-state index contributed by atoms with van der Waals surface area (Å²) in [4.78, 5) is 15.6. The van der Waals surface area contributed by atoms with Gasteiger partial charge in [0.15, 0.2) is 0 Å². The van der Waals surface area contributed by atoms with Crippen LogP contribution < -0.4 is 0 Å². The number of allylic oxidation sites excluding steroid dienone is 1. The van der Waals surface area contributed by atoms with E-state index < -0.39 is 0 Å². The molecule has 222 valence electrons. The van der Waals surface area contributed by atoms with E-state index in [2.05, 4.69) is 70.1 Å². The van der Waals surface area contributed by atoms with Crippen molar-refractivity contribution in [1.82, 2.24) is 4.90 Å². The van der Waals surface area contributed by atoms with Crippen LogP contribution in [-0.2, 0) is 9.53 Å². The molecular weight excluding hydrogens is 494 g/mol. The molecule has 8 atom stereocenters. The van der Waals surface area contributed by atoms with Crippen LogP contribution in [0.15, 0.2) is 22.4 Å². The zero-order valence-corrected chi connectivity index (χ0v) is 26.5. The Hall–Kier alpha value is -1.49. The van der Waals surface area contributed by atoms with Crippen LogP contribution in [-0.4, -0.2) is 49.0 Å². The first kappa shape index (κ1) is 28.6. The molecule has 5 aliphatic carbocycles. The van der Waals surface area contributed by atoms with Gasteiger partial charge in [0.2, 0.25) is 0 Å². The normalized spacial score (nSPS) is 47.2. The van der Waals surface area contributed by atoms with E-state index in [1.54, 1.807) is 5.57 Å². The minimum Gasteiger partial charge on any atom is -0.376 e. The number of Topliss-reactive ketones (excluding diaryl/α,β-unsaturated/α-hetero) is 1. The summed E-state index contributed by atoms with van der Waals surface area (Å²) in [5.41, 5.74) is 2.48. The third-order valence-corrected chi connectivity index (χ3v) is 14.7. The second-order valence-electron chi connectivity index (χ2n) is 16.7. The maximum atomic E-state index is 13.4. The molecule has 1 spiro atoms. The predicted octanol–water partition coefficient (Wildman–Crippen LogP) is 7.70. The fourth-order valence-corrected chi connectivity index (χ4v) is 12.1. The molecule has 5 saturated carbocycles. The van der Waals surface area contributed by atoms with Gasteiger partial charge < -0.3 is 9.64 Å². The SMILES string of the molecule is C=C1CCC(C)(C)C12CCC1(C)C(CCC3C4(C)CCC(=O)C(C)(C)C4C(OCCN4C=NN=CC4)CC31C)C2. The highest BCUT2D eigenvalue weighted by atomic mass is 16.5. The number of hydrogen-bond acceptors (Lipinski definition) is 5. The molecule has 1 aliphatic heterocycles. The van der Waals surface area contributed by atoms with Gasteiger partial charge in [0.25, 0.3) is 0 Å². The lowest BCUT2D eigenvalue weighted by Crippen LogP contribution is -2.69. The molecule has 0 aromatic rings. The van der Waals surface area contributed by atoms with E-state index in [0.717, 1.165) is 38.3 Å². The van der Waals surface area contributed by atoms with Crippen LogP contribution in [0.3, 0.4) is 0 Å². The second kappa shape index (κ2) is 9.25. The molecule has 0 N–H and O–H groups in total. The number of ketones is 1. The van der Waals surface area contributed by atoms with Gasteiger partial charge >= 0.3 is 0 Å². The average Bonchev–Trinajstić information content (AvgIpc) is 3.11. The van der Waals surface area contributed by atoms with E-state index in [1.807, 2.05) is 12.6 Å². The third-order valence-electron chi connectivity index (χ3n) is 14.7. The highest BCUT2D eigenvalue weighted by molar-refractivity contribution is 5.85. The molecule has 6 aliphatic rings. The smallest absolute Gasteiger partial charge is 0.138 e. The number of hydrogen-bond donors (Lipinski definition) is 0. The van der Waals surface area contributed by atoms with Crippen molar-refractivity contribution in [3.8, 4) is 0 Å². The molecule has 0 aromatic carbocycles. The molecule has 5 heteroatoms. The number of ether oxygens (including phenoxy) is 1. The Morgan fingerprint density at radius 3 is 2.40 bits per heavy atom. The fraction of sp³-hybridized carbons (Fsp3) is 0.857. The molecule has 0 aromatic heterocycles. The Morgan fingerprint density at radius 2 is 1.73 bits per heavy atom. The van der Waals surface area contributed by atoms with Crippen molar-refractivity contribution in [2.24, 2.45) is 60.4 Å². The van der Waals surface area contributed by atoms with Crippen LogP contribution in [0.5, 0.6) is 0 Å². The summed E-state index contributed by atoms with van der Waals surface area (Å²) in [7, 11) is 0. The first-order valence-electron chi connectivity index (χ1n) is 16.3. The highest BCUT2D eigenvalue weighted by Crippen LogP contribution is 2.77. The summed E-state index contributed by atoms with van der Waals surface area (Å²) in [6.07, 6.45) is 15.6. The van der Waals surface area contributed by atoms with E-state index in [1.165, 1.54) is 44.9 Å². The Bertz CT molecular complexity index is 1120. The summed E-state index contributed by atoms with van der Waals surface area (Å²) in [5, 5.41) is 8.04. The van der Waals surface area contributed by atoms with Crippen LogP contribution in [0.2, 0.25) is 0 Å². The van der Waals surface area contributed by atoms with Crippen LogP contribution in [0.25, 0.3) is 0 Å². The summed E-state index contributed by atoms with van der Waals surface area (Å²) in [6.45, 7) is 24.4. The fourth-order valence-electron chi connectivity index (χ4n) is 12.1. The predicted molar refractivity (Wildman–Crippen MR) is 163 cm³/mol. The lowest BCUT2D eigenvalue weighted by Gasteiger charge is -2.73. The Morgan fingerprint density at radius 1 is 0.950 bits per heavy atom. The van der Waals surface area contributed by atoms with Gasteiger partial charge in [-0.3, -0.25) is 4.79 Å². The van der Waals surface area contributed by atoms with E-state index >= 15 is 0 Å². The number of rotatable bonds is 4. The first-order chi connectivity index (χ1) is 18.7. The average molecular weight is 550 g/mol. The van der Waals surface area contributed by atoms with Crippen LogP contribution in [0, 0.1) is 50.2 Å². The van der Waals surface area contributed by atoms with Crippen molar-refractivity contribution in [1.29, 1.82) is 0 Å². The Labute approximate surface area is 243 Å². The second-order valence-corrected chi connectivity index (χ2v) is 16.7. The number of carbonyl (C=O) groups excluding carboxylic acids is 1. The molecule has 0 radical (unpaired) electrons. The summed E-state index contributed by atoms with van der Waals surface area (Å²) in [5.74, 6) is 2.07. The Balaban J connectivity index is 1.33. The van der Waals surface area contributed by atoms with Gasteiger partial charge in [-0.1, -0.05) is 60.6 Å². The lowest BCUT2D eigenvalue weighted by molar-refractivity contribution is -0.259. The quantitative estimate of drug-likeness (QED) is 0.338. The standard InChI is InChI=1S/C35H55N3O2/c1-24-11-13-30(2,3)35(24)16-15-33(7)25(21-35)9-10-27-32(6)14-12-28(39)31(4,5)29(32)26(22-34(27,33)8)40-20-19-38-18-17-36-37-23-38/h17,23,25-27,29H,1,9-16,18-22H2,2-8H3. The van der Waals surface area contributed by atoms with Gasteiger partial charge in [0.05, 0.1) is 19.3 Å². The molecule has 5 fully saturated rings. The van der Waals surface area contributed by atoms with Gasteiger partial charge in [0, 0.05) is 30.5 Å². The van der Waals surface area contributed by atoms with Crippen LogP contribution in [0.4, 0.5) is 0 Å². The Kier molecular flexibility index (Phi) is 6.62. The van der Waals surface area contributed by atoms with Crippen LogP contribution >= 0.6 is 0 Å². The largest absolute Gasteiger partial charge is 0.376 e. The monoisotopic (exact) mass is 549 g/mol. The first-order valence-corrected chi connectivity index (χ1v) is 16.3. The summed E-state index contributed by atoms with van der Waals surface area (Å²) >= 11 is 0. The maximum absolute atomic E-state index is 13.4. The molecular formula is C35H55N3O2. The van der Waals surface area contributed by atoms with Crippen molar-refractivity contribution < 1.29 is 9.53 Å². The van der Waals surface area contributed by atoms with Gasteiger partial charge in [0.1, 0.15) is 12.1 Å². The minimum absolute atomic E-state index is 0.102. The van der Waals surface area contributed by atoms with Crippen molar-refractivity contribution in [2.45, 2.75) is 119 Å². The lowest BCUT2D eigenvalue weighted by atomic mass is 9.32. The maximum Gasteiger partial charge on any atom is 0.138 e.